The molecule has 2 aliphatic heterocycles. The summed E-state index contributed by atoms with van der Waals surface area (Å²) in [6.45, 7) is 0. The number of nitrogens with zero attached hydrogens (tertiary/aromatic N) is 1. The highest BCUT2D eigenvalue weighted by atomic mass is 35.5. The van der Waals surface area contributed by atoms with Gasteiger partial charge in [0.2, 0.25) is 5.91 Å². The lowest BCUT2D eigenvalue weighted by Crippen LogP contribution is -2.49. The van der Waals surface area contributed by atoms with E-state index < -0.39 is 0 Å². The first-order chi connectivity index (χ1) is 10.0. The van der Waals surface area contributed by atoms with E-state index in [4.69, 9.17) is 23.2 Å². The summed E-state index contributed by atoms with van der Waals surface area (Å²) in [6, 6.07) is 6.84. The van der Waals surface area contributed by atoms with Crippen LogP contribution in [0.15, 0.2) is 18.2 Å². The summed E-state index contributed by atoms with van der Waals surface area (Å²) in [5.41, 5.74) is 0.731. The minimum Gasteiger partial charge on any atom is -0.342 e. The molecule has 0 radical (unpaired) electrons. The van der Waals surface area contributed by atoms with Gasteiger partial charge in [0.15, 0.2) is 0 Å². The third-order valence-electron chi connectivity index (χ3n) is 4.78. The minimum atomic E-state index is 0.0938. The van der Waals surface area contributed by atoms with E-state index in [2.05, 4.69) is 5.32 Å². The first-order valence-corrected chi connectivity index (χ1v) is 8.25. The van der Waals surface area contributed by atoms with Crippen molar-refractivity contribution in [3.8, 4) is 0 Å². The van der Waals surface area contributed by atoms with E-state index in [0.29, 0.717) is 28.2 Å². The number of halogens is 2. The third kappa shape index (κ3) is 3.20. The van der Waals surface area contributed by atoms with Crippen LogP contribution in [0.1, 0.15) is 31.2 Å². The van der Waals surface area contributed by atoms with Gasteiger partial charge in [0.05, 0.1) is 6.42 Å². The number of rotatable bonds is 3. The molecule has 3 nitrogen and oxygen atoms in total. The Morgan fingerprint density at radius 2 is 1.81 bits per heavy atom. The summed E-state index contributed by atoms with van der Waals surface area (Å²) in [6.07, 6.45) is 4.84. The van der Waals surface area contributed by atoms with E-state index in [9.17, 15) is 4.79 Å². The maximum Gasteiger partial charge on any atom is 0.227 e. The Morgan fingerprint density at radius 1 is 1.24 bits per heavy atom. The van der Waals surface area contributed by atoms with Crippen molar-refractivity contribution in [1.82, 2.24) is 10.2 Å². The van der Waals surface area contributed by atoms with Crippen LogP contribution in [0.25, 0.3) is 0 Å². The molecule has 0 saturated carbocycles. The molecule has 114 valence electrons. The van der Waals surface area contributed by atoms with E-state index >= 15 is 0 Å². The van der Waals surface area contributed by atoms with Gasteiger partial charge in [-0.25, -0.2) is 0 Å². The number of carbonyl (C=O) groups excluding carboxylic acids is 1. The predicted octanol–water partition coefficient (Wildman–Crippen LogP) is 3.28. The lowest BCUT2D eigenvalue weighted by atomic mass is 9.98. The SMILES string of the molecule is CN(C(=O)Cc1c(Cl)cccc1Cl)C1CC2CCC(C1)N2. The van der Waals surface area contributed by atoms with Crippen LogP contribution < -0.4 is 5.32 Å². The summed E-state index contributed by atoms with van der Waals surface area (Å²) in [5.74, 6) is 0.0938. The van der Waals surface area contributed by atoms with Crippen molar-refractivity contribution in [1.29, 1.82) is 0 Å². The van der Waals surface area contributed by atoms with E-state index in [-0.39, 0.29) is 12.3 Å². The molecule has 3 rings (SSSR count). The van der Waals surface area contributed by atoms with Gasteiger partial charge in [-0.3, -0.25) is 4.79 Å². The van der Waals surface area contributed by atoms with Gasteiger partial charge in [-0.15, -0.1) is 0 Å². The molecule has 21 heavy (non-hydrogen) atoms. The fourth-order valence-electron chi connectivity index (χ4n) is 3.52. The average molecular weight is 327 g/mol. The molecule has 1 aromatic rings. The van der Waals surface area contributed by atoms with E-state index in [1.165, 1.54) is 12.8 Å². The topological polar surface area (TPSA) is 32.3 Å². The van der Waals surface area contributed by atoms with Crippen LogP contribution >= 0.6 is 23.2 Å². The number of amides is 1. The molecule has 2 heterocycles. The summed E-state index contributed by atoms with van der Waals surface area (Å²) < 4.78 is 0. The Bertz CT molecular complexity index is 517. The van der Waals surface area contributed by atoms with Gasteiger partial charge >= 0.3 is 0 Å². The molecule has 0 aliphatic carbocycles. The standard InChI is InChI=1S/C16H20Cl2N2O/c1-20(12-7-10-5-6-11(8-12)19-10)16(21)9-13-14(17)3-2-4-15(13)18/h2-4,10-12,19H,5-9H2,1H3. The zero-order chi connectivity index (χ0) is 15.0. The highest BCUT2D eigenvalue weighted by Gasteiger charge is 2.36. The molecule has 0 aromatic heterocycles. The van der Waals surface area contributed by atoms with Gasteiger partial charge < -0.3 is 10.2 Å². The monoisotopic (exact) mass is 326 g/mol. The van der Waals surface area contributed by atoms with Crippen LogP contribution in [0.3, 0.4) is 0 Å². The number of nitrogens with one attached hydrogen (secondary N) is 1. The normalized spacial score (nSPS) is 27.7. The second kappa shape index (κ2) is 6.15. The van der Waals surface area contributed by atoms with Gasteiger partial charge in [0.1, 0.15) is 0 Å². The minimum absolute atomic E-state index is 0.0938. The average Bonchev–Trinajstić information content (AvgIpc) is 2.80. The zero-order valence-corrected chi connectivity index (χ0v) is 13.6. The van der Waals surface area contributed by atoms with Crippen LogP contribution in [0, 0.1) is 0 Å². The number of piperidine rings is 1. The Balaban J connectivity index is 1.67. The molecule has 2 aliphatic rings. The van der Waals surface area contributed by atoms with Crippen LogP contribution in [0.5, 0.6) is 0 Å². The number of carbonyl (C=O) groups is 1. The summed E-state index contributed by atoms with van der Waals surface area (Å²) >= 11 is 12.3. The highest BCUT2D eigenvalue weighted by molar-refractivity contribution is 6.36. The van der Waals surface area contributed by atoms with Gasteiger partial charge in [-0.1, -0.05) is 29.3 Å². The quantitative estimate of drug-likeness (QED) is 0.924. The van der Waals surface area contributed by atoms with Crippen molar-refractivity contribution in [3.05, 3.63) is 33.8 Å². The Hall–Kier alpha value is -0.770. The van der Waals surface area contributed by atoms with Crippen LogP contribution in [-0.4, -0.2) is 36.0 Å². The largest absolute Gasteiger partial charge is 0.342 e. The number of hydrogen-bond donors (Lipinski definition) is 1. The van der Waals surface area contributed by atoms with E-state index in [1.54, 1.807) is 18.2 Å². The van der Waals surface area contributed by atoms with Crippen molar-refractivity contribution in [2.45, 2.75) is 50.2 Å². The molecule has 2 bridgehead atoms. The lowest BCUT2D eigenvalue weighted by Gasteiger charge is -2.35. The number of fused-ring (bicyclic) bond motifs is 2. The van der Waals surface area contributed by atoms with E-state index in [0.717, 1.165) is 18.4 Å². The van der Waals surface area contributed by atoms with Gasteiger partial charge in [0.25, 0.3) is 0 Å². The fraction of sp³-hybridized carbons (Fsp3) is 0.562. The van der Waals surface area contributed by atoms with Crippen molar-refractivity contribution >= 4 is 29.1 Å². The second-order valence-corrected chi connectivity index (χ2v) is 6.96. The van der Waals surface area contributed by atoms with Gasteiger partial charge in [0, 0.05) is 35.2 Å². The molecular formula is C16H20Cl2N2O. The molecule has 2 saturated heterocycles. The lowest BCUT2D eigenvalue weighted by molar-refractivity contribution is -0.131. The number of likely N-dealkylation sites (N-methyl/N-ethyl adjacent to an activating group) is 1. The predicted molar refractivity (Wildman–Crippen MR) is 85.9 cm³/mol. The molecule has 1 N–H and O–H groups in total. The van der Waals surface area contributed by atoms with Crippen LogP contribution in [0.4, 0.5) is 0 Å². The summed E-state index contributed by atoms with van der Waals surface area (Å²) in [4.78, 5) is 14.4. The molecular weight excluding hydrogens is 307 g/mol. The van der Waals surface area contributed by atoms with Crippen molar-refractivity contribution in [2.24, 2.45) is 0 Å². The molecule has 2 unspecified atom stereocenters. The molecule has 1 aromatic carbocycles. The molecule has 5 heteroatoms. The highest BCUT2D eigenvalue weighted by Crippen LogP contribution is 2.30. The van der Waals surface area contributed by atoms with Gasteiger partial charge in [-0.05, 0) is 43.4 Å². The smallest absolute Gasteiger partial charge is 0.227 e. The van der Waals surface area contributed by atoms with Crippen molar-refractivity contribution in [2.75, 3.05) is 7.05 Å². The summed E-state index contributed by atoms with van der Waals surface area (Å²) in [7, 11) is 1.91. The maximum absolute atomic E-state index is 12.5. The Kier molecular flexibility index (Phi) is 4.43. The summed E-state index contributed by atoms with van der Waals surface area (Å²) in [5, 5.41) is 4.73. The first-order valence-electron chi connectivity index (χ1n) is 7.49. The molecule has 2 fully saturated rings. The maximum atomic E-state index is 12.5. The zero-order valence-electron chi connectivity index (χ0n) is 12.1. The van der Waals surface area contributed by atoms with Gasteiger partial charge in [-0.2, -0.15) is 0 Å². The molecule has 0 spiro atoms. The number of hydrogen-bond acceptors (Lipinski definition) is 2. The molecule has 1 amide bonds. The fourth-order valence-corrected chi connectivity index (χ4v) is 4.06. The Morgan fingerprint density at radius 3 is 2.38 bits per heavy atom. The van der Waals surface area contributed by atoms with Crippen molar-refractivity contribution < 1.29 is 4.79 Å². The van der Waals surface area contributed by atoms with Crippen LogP contribution in [-0.2, 0) is 11.2 Å². The Labute approximate surface area is 135 Å². The van der Waals surface area contributed by atoms with Crippen molar-refractivity contribution in [3.63, 3.8) is 0 Å². The second-order valence-electron chi connectivity index (χ2n) is 6.14. The number of benzene rings is 1. The third-order valence-corrected chi connectivity index (χ3v) is 5.49. The van der Waals surface area contributed by atoms with E-state index in [1.807, 2.05) is 11.9 Å². The first kappa shape index (κ1) is 15.1. The van der Waals surface area contributed by atoms with Crippen LogP contribution in [0.2, 0.25) is 10.0 Å². The molecule has 2 atom stereocenters.